The zero-order chi connectivity index (χ0) is 52.8. The van der Waals surface area contributed by atoms with E-state index >= 15 is 0 Å². The first-order valence-electron chi connectivity index (χ1n) is 23.9. The molecule has 0 aromatic carbocycles. The summed E-state index contributed by atoms with van der Waals surface area (Å²) in [7, 11) is 0. The number of amides is 8. The Labute approximate surface area is 407 Å². The van der Waals surface area contributed by atoms with E-state index in [0.717, 1.165) is 6.92 Å². The lowest BCUT2D eigenvalue weighted by Gasteiger charge is -2.32. The van der Waals surface area contributed by atoms with E-state index in [0.29, 0.717) is 37.8 Å². The molecule has 1 aliphatic rings. The Kier molecular flexibility index (Phi) is 25.5. The number of nitrogens with two attached hydrogens (primary N) is 2. The van der Waals surface area contributed by atoms with Crippen molar-refractivity contribution in [2.75, 3.05) is 19.7 Å². The Bertz CT molecular complexity index is 1930. The molecule has 0 bridgehead atoms. The lowest BCUT2D eigenvalue weighted by atomic mass is 9.95. The number of aliphatic hydroxyl groups excluding tert-OH is 1. The Morgan fingerprint density at radius 3 is 1.90 bits per heavy atom. The van der Waals surface area contributed by atoms with Crippen molar-refractivity contribution in [3.05, 3.63) is 18.2 Å². The van der Waals surface area contributed by atoms with E-state index in [1.807, 2.05) is 39.9 Å². The molecule has 70 heavy (non-hydrogen) atoms. The number of likely N-dealkylation sites (tertiary alicyclic amines) is 1. The van der Waals surface area contributed by atoms with Gasteiger partial charge >= 0.3 is 11.9 Å². The number of hydrogen-bond donors (Lipinski definition) is 13. The van der Waals surface area contributed by atoms with Gasteiger partial charge in [0.1, 0.15) is 48.3 Å². The fraction of sp³-hybridized carbons (Fsp3) is 0.711. The highest BCUT2D eigenvalue weighted by Gasteiger charge is 2.41. The van der Waals surface area contributed by atoms with Crippen LogP contribution < -0.4 is 48.7 Å². The van der Waals surface area contributed by atoms with Crippen molar-refractivity contribution in [1.29, 1.82) is 0 Å². The van der Waals surface area contributed by atoms with Gasteiger partial charge in [0.05, 0.1) is 25.4 Å². The number of carbonyl (C=O) groups is 10. The second kappa shape index (κ2) is 29.7. The van der Waals surface area contributed by atoms with Crippen LogP contribution in [0.15, 0.2) is 12.5 Å². The van der Waals surface area contributed by atoms with Gasteiger partial charge in [0.2, 0.25) is 47.3 Å². The molecule has 8 amide bonds. The Morgan fingerprint density at radius 1 is 0.743 bits per heavy atom. The number of aliphatic hydroxyl groups is 1. The van der Waals surface area contributed by atoms with Gasteiger partial charge < -0.3 is 73.9 Å². The summed E-state index contributed by atoms with van der Waals surface area (Å²) < 4.78 is 0. The fourth-order valence-corrected chi connectivity index (χ4v) is 7.68. The largest absolute Gasteiger partial charge is 0.481 e. The van der Waals surface area contributed by atoms with Crippen LogP contribution in [0.3, 0.4) is 0 Å². The van der Waals surface area contributed by atoms with E-state index < -0.39 is 127 Å². The lowest BCUT2D eigenvalue weighted by Crippen LogP contribution is -2.61. The molecule has 1 aromatic rings. The number of carbonyl (C=O) groups excluding carboxylic acids is 8. The molecule has 0 unspecified atom stereocenters. The average molecular weight is 993 g/mol. The number of imidazole rings is 1. The first-order valence-corrected chi connectivity index (χ1v) is 23.9. The van der Waals surface area contributed by atoms with Crippen LogP contribution in [0.5, 0.6) is 0 Å². The van der Waals surface area contributed by atoms with Crippen LogP contribution in [0.2, 0.25) is 0 Å². The van der Waals surface area contributed by atoms with Crippen molar-refractivity contribution < 1.29 is 63.3 Å². The number of carboxylic acid groups (broad SMARTS) is 2. The summed E-state index contributed by atoms with van der Waals surface area (Å²) in [6, 6.07) is -11.7. The number of aromatic nitrogens is 2. The molecular formula is C45H76N12O13. The molecule has 1 fully saturated rings. The van der Waals surface area contributed by atoms with E-state index in [1.54, 1.807) is 6.92 Å². The van der Waals surface area contributed by atoms with Gasteiger partial charge in [-0.25, -0.2) is 9.78 Å². The van der Waals surface area contributed by atoms with Crippen LogP contribution in [-0.4, -0.2) is 163 Å². The van der Waals surface area contributed by atoms with E-state index in [9.17, 15) is 58.2 Å². The summed E-state index contributed by atoms with van der Waals surface area (Å²) in [5.74, 6) is -9.60. The van der Waals surface area contributed by atoms with Gasteiger partial charge in [0.15, 0.2) is 0 Å². The van der Waals surface area contributed by atoms with Crippen molar-refractivity contribution >= 4 is 59.2 Å². The highest BCUT2D eigenvalue weighted by Crippen LogP contribution is 2.22. The van der Waals surface area contributed by atoms with Crippen molar-refractivity contribution in [2.45, 2.75) is 167 Å². The van der Waals surface area contributed by atoms with Gasteiger partial charge in [-0.15, -0.1) is 0 Å². The number of H-pyrrole nitrogens is 1. The predicted molar refractivity (Wildman–Crippen MR) is 252 cm³/mol. The molecule has 1 aliphatic heterocycles. The average Bonchev–Trinajstić information content (AvgIpc) is 4.01. The highest BCUT2D eigenvalue weighted by atomic mass is 16.4. The van der Waals surface area contributed by atoms with Crippen LogP contribution >= 0.6 is 0 Å². The molecule has 0 saturated carbocycles. The van der Waals surface area contributed by atoms with Crippen LogP contribution in [0.1, 0.15) is 112 Å². The molecule has 394 valence electrons. The smallest absolute Gasteiger partial charge is 0.326 e. The number of aliphatic carboxylic acids is 2. The van der Waals surface area contributed by atoms with Crippen LogP contribution in [0, 0.1) is 17.8 Å². The first-order chi connectivity index (χ1) is 32.9. The fourth-order valence-electron chi connectivity index (χ4n) is 7.68. The zero-order valence-electron chi connectivity index (χ0n) is 41.2. The van der Waals surface area contributed by atoms with E-state index in [-0.39, 0.29) is 56.5 Å². The van der Waals surface area contributed by atoms with Gasteiger partial charge in [-0.05, 0) is 76.2 Å². The molecule has 10 atom stereocenters. The van der Waals surface area contributed by atoms with Gasteiger partial charge in [0.25, 0.3) is 0 Å². The second-order valence-electron chi connectivity index (χ2n) is 18.6. The minimum Gasteiger partial charge on any atom is -0.481 e. The van der Waals surface area contributed by atoms with Crippen LogP contribution in [0.25, 0.3) is 0 Å². The third kappa shape index (κ3) is 19.7. The molecule has 0 aliphatic carbocycles. The topological polar surface area (TPSA) is 400 Å². The number of nitrogens with zero attached hydrogens (tertiary/aromatic N) is 2. The maximum absolute atomic E-state index is 14.4. The quantitative estimate of drug-likeness (QED) is 0.0342. The second-order valence-corrected chi connectivity index (χ2v) is 18.6. The molecule has 1 saturated heterocycles. The molecule has 25 nitrogen and oxygen atoms in total. The third-order valence-electron chi connectivity index (χ3n) is 11.8. The van der Waals surface area contributed by atoms with E-state index in [2.05, 4.69) is 41.9 Å². The maximum atomic E-state index is 14.4. The Hall–Kier alpha value is -6.21. The number of unbranched alkanes of at least 4 members (excludes halogenated alkanes) is 1. The van der Waals surface area contributed by atoms with Crippen molar-refractivity contribution in [3.63, 3.8) is 0 Å². The van der Waals surface area contributed by atoms with Gasteiger partial charge in [-0.2, -0.15) is 0 Å². The van der Waals surface area contributed by atoms with Crippen LogP contribution in [0.4, 0.5) is 0 Å². The molecule has 15 N–H and O–H groups in total. The van der Waals surface area contributed by atoms with Crippen molar-refractivity contribution in [2.24, 2.45) is 29.2 Å². The highest BCUT2D eigenvalue weighted by molar-refractivity contribution is 5.98. The number of carboxylic acids is 2. The monoisotopic (exact) mass is 993 g/mol. The molecular weight excluding hydrogens is 917 g/mol. The van der Waals surface area contributed by atoms with Gasteiger partial charge in [-0.1, -0.05) is 48.0 Å². The maximum Gasteiger partial charge on any atom is 0.326 e. The SMILES string of the molecule is CC[C@H](C)[C@H](NC(=O)[C@@H](N)CC(C)C)C(=O)N[C@@H](CC(C)C)C(=O)N1CCC[C@H]1C(=O)N[C@@H](CCCCN)C(=O)N[C@@H](Cc1cnc[nH]1)C(=O)N[C@@H](CO)C(=O)N[C@@H](C)C(=O)N[C@@H](CC(=O)O)C(=O)O. The van der Waals surface area contributed by atoms with Crippen molar-refractivity contribution in [3.8, 4) is 0 Å². The van der Waals surface area contributed by atoms with Crippen molar-refractivity contribution in [1.82, 2.24) is 52.1 Å². The lowest BCUT2D eigenvalue weighted by molar-refractivity contribution is -0.147. The summed E-state index contributed by atoms with van der Waals surface area (Å²) in [4.78, 5) is 140. The number of hydrogen-bond acceptors (Lipinski definition) is 14. The molecule has 0 radical (unpaired) electrons. The summed E-state index contributed by atoms with van der Waals surface area (Å²) in [5.41, 5.74) is 12.2. The van der Waals surface area contributed by atoms with E-state index in [4.69, 9.17) is 16.6 Å². The molecule has 2 heterocycles. The molecule has 0 spiro atoms. The summed E-state index contributed by atoms with van der Waals surface area (Å²) in [6.45, 7) is 11.9. The number of rotatable bonds is 31. The number of aromatic amines is 1. The van der Waals surface area contributed by atoms with Crippen LogP contribution in [-0.2, 0) is 54.4 Å². The normalized spacial score (nSPS) is 17.4. The summed E-state index contributed by atoms with van der Waals surface area (Å²) >= 11 is 0. The number of nitrogens with one attached hydrogen (secondary N) is 8. The first kappa shape index (κ1) is 59.9. The standard InChI is InChI=1S/C45H76N12O13/c1-8-25(6)36(56-38(62)28(47)16-23(2)3)43(67)53-31(17-24(4)5)44(68)57-15-11-13-34(57)42(66)51-29(12-9-10-14-46)39(63)52-30(18-27-20-48-22-49-27)40(64)55-33(21-58)41(65)50-26(7)37(61)54-32(45(69)70)19-35(59)60/h20,22-26,28-34,36,58H,8-19,21,46-47H2,1-7H3,(H,48,49)(H,50,65)(H,51,66)(H,52,63)(H,53,67)(H,54,61)(H,55,64)(H,56,62)(H,59,60)(H,69,70)/t25-,26-,28-,29-,30-,31-,32-,33-,34-,36-/m0/s1. The van der Waals surface area contributed by atoms with Gasteiger partial charge in [0, 0.05) is 24.9 Å². The molecule has 1 aromatic heterocycles. The summed E-state index contributed by atoms with van der Waals surface area (Å²) in [6.07, 6.45) is 4.21. The predicted octanol–water partition coefficient (Wildman–Crippen LogP) is -2.50. The minimum absolute atomic E-state index is 0.0558. The van der Waals surface area contributed by atoms with E-state index in [1.165, 1.54) is 17.4 Å². The zero-order valence-corrected chi connectivity index (χ0v) is 41.2. The summed E-state index contributed by atoms with van der Waals surface area (Å²) in [5, 5.41) is 45.9. The Morgan fingerprint density at radius 2 is 1.34 bits per heavy atom. The Balaban J connectivity index is 2.33. The molecule has 25 heteroatoms. The van der Waals surface area contributed by atoms with Gasteiger partial charge in [-0.3, -0.25) is 43.2 Å². The molecule has 2 rings (SSSR count). The third-order valence-corrected chi connectivity index (χ3v) is 11.8. The minimum atomic E-state index is -1.82.